The number of ketones is 3. The van der Waals surface area contributed by atoms with Crippen LogP contribution >= 0.6 is 0 Å². The number of nitrogens with zero attached hydrogens (tertiary/aromatic N) is 1. The summed E-state index contributed by atoms with van der Waals surface area (Å²) in [4.78, 5) is 72.8. The normalized spacial score (nSPS) is 37.4. The lowest BCUT2D eigenvalue weighted by Crippen LogP contribution is -2.61. The van der Waals surface area contributed by atoms with E-state index in [1.807, 2.05) is 58.1 Å². The Morgan fingerprint density at radius 3 is 2.31 bits per heavy atom. The van der Waals surface area contributed by atoms with Crippen molar-refractivity contribution in [2.45, 2.75) is 199 Å². The van der Waals surface area contributed by atoms with E-state index in [2.05, 4.69) is 5.32 Å². The predicted molar refractivity (Wildman–Crippen MR) is 279 cm³/mol. The number of hydrogen-bond donors (Lipinski definition) is 5. The largest absolute Gasteiger partial charge is 0.460 e. The molecule has 2 saturated heterocycles. The zero-order valence-corrected chi connectivity index (χ0v) is 46.1. The summed E-state index contributed by atoms with van der Waals surface area (Å²) in [5.74, 6) is -8.23. The summed E-state index contributed by atoms with van der Waals surface area (Å²) in [7, 11) is 4.67. The molecule has 2 bridgehead atoms. The number of carbonyl (C=O) groups is 5. The van der Waals surface area contributed by atoms with Crippen LogP contribution in [0.5, 0.6) is 0 Å². The molecule has 4 aliphatic rings. The number of hydrogen-bond acceptors (Lipinski definition) is 16. The van der Waals surface area contributed by atoms with Crippen LogP contribution in [0.15, 0.2) is 47.6 Å². The molecule has 16 atom stereocenters. The van der Waals surface area contributed by atoms with E-state index in [0.29, 0.717) is 76.4 Å². The first-order valence-corrected chi connectivity index (χ1v) is 27.3. The number of methoxy groups -OCH3 is 2. The van der Waals surface area contributed by atoms with Gasteiger partial charge in [0.25, 0.3) is 11.7 Å². The zero-order valence-electron chi connectivity index (χ0n) is 46.1. The number of esters is 1. The molecular weight excluding hydrogens is 953 g/mol. The number of amides is 1. The molecule has 0 aromatic heterocycles. The van der Waals surface area contributed by atoms with E-state index < -0.39 is 84.0 Å². The maximum Gasteiger partial charge on any atom is 0.329 e. The quantitative estimate of drug-likeness (QED) is 0.0449. The van der Waals surface area contributed by atoms with Crippen LogP contribution in [-0.2, 0) is 52.4 Å². The van der Waals surface area contributed by atoms with Gasteiger partial charge in [0.2, 0.25) is 5.79 Å². The Labute approximate surface area is 440 Å². The molecule has 1 saturated carbocycles. The smallest absolute Gasteiger partial charge is 0.329 e. The monoisotopic (exact) mass is 1040 g/mol. The van der Waals surface area contributed by atoms with E-state index in [1.54, 1.807) is 41.0 Å². The third-order valence-electron chi connectivity index (χ3n) is 15.9. The fourth-order valence-electron chi connectivity index (χ4n) is 11.1. The summed E-state index contributed by atoms with van der Waals surface area (Å²) in [5, 5.41) is 46.0. The molecule has 3 unspecified atom stereocenters. The molecule has 3 fully saturated rings. The van der Waals surface area contributed by atoms with Crippen molar-refractivity contribution in [1.82, 2.24) is 10.2 Å². The maximum atomic E-state index is 14.6. The standard InChI is InChI=1S/C57H92N2O15/c1-35-17-12-11-13-18-36(2)47(71-27-16-20-50(62)58-8)33-43-23-21-41(7)57(68,74-43)54(65)55(66)59-25-15-14-19-44(59)56(67)73-48(38(4)31-42-22-24-46(72-28-26-60)49(32-42)69-9)34-45(61)37(3)30-40(6)52(64)53(70-10)51(63)39(5)29-35/h11-13,17-18,30,35,37-39,41-44,46-50,52-53,58,60,62,64,68H,14-16,19-29,31-34H2,1-10H3/b13-11+,17-12+,36-18+,40-30+/t35-,37-,38-,39-,41-,42?,43+,44+,46-,47+,48?,49-,50?,52-,53+,57-/m1/s1. The highest BCUT2D eigenvalue weighted by atomic mass is 16.6. The number of allylic oxidation sites excluding steroid dienone is 6. The summed E-state index contributed by atoms with van der Waals surface area (Å²) >= 11 is 0. The molecule has 74 heavy (non-hydrogen) atoms. The highest BCUT2D eigenvalue weighted by Gasteiger charge is 2.53. The van der Waals surface area contributed by atoms with Crippen LogP contribution in [0.1, 0.15) is 138 Å². The molecule has 1 aliphatic carbocycles. The van der Waals surface area contributed by atoms with E-state index in [0.717, 1.165) is 12.0 Å². The van der Waals surface area contributed by atoms with E-state index in [9.17, 15) is 44.4 Å². The number of carbonyl (C=O) groups excluding carboxylic acids is 5. The van der Waals surface area contributed by atoms with Crippen LogP contribution in [0.25, 0.3) is 0 Å². The number of nitrogens with one attached hydrogen (secondary N) is 1. The molecule has 1 amide bonds. The first-order valence-electron chi connectivity index (χ1n) is 27.3. The van der Waals surface area contributed by atoms with Crippen molar-refractivity contribution in [2.24, 2.45) is 35.5 Å². The Kier molecular flexibility index (Phi) is 26.5. The highest BCUT2D eigenvalue weighted by Crippen LogP contribution is 2.38. The van der Waals surface area contributed by atoms with Gasteiger partial charge in [0.05, 0.1) is 37.6 Å². The average Bonchev–Trinajstić information content (AvgIpc) is 3.38. The molecule has 0 spiro atoms. The lowest BCUT2D eigenvalue weighted by Gasteiger charge is -2.43. The Hall–Kier alpha value is -3.49. The first kappa shape index (κ1) is 63.0. The Bertz CT molecular complexity index is 1940. The fraction of sp³-hybridized carbons (Fsp3) is 0.772. The molecule has 0 radical (unpaired) electrons. The summed E-state index contributed by atoms with van der Waals surface area (Å²) < 4.78 is 36.3. The summed E-state index contributed by atoms with van der Waals surface area (Å²) in [5.41, 5.74) is 1.22. The van der Waals surface area contributed by atoms with Crippen molar-refractivity contribution in [3.05, 3.63) is 47.6 Å². The van der Waals surface area contributed by atoms with Gasteiger partial charge in [-0.2, -0.15) is 0 Å². The molecule has 5 N–H and O–H groups in total. The Morgan fingerprint density at radius 2 is 1.62 bits per heavy atom. The van der Waals surface area contributed by atoms with Gasteiger partial charge >= 0.3 is 5.97 Å². The number of rotatable bonds is 14. The lowest BCUT2D eigenvalue weighted by atomic mass is 9.78. The van der Waals surface area contributed by atoms with Crippen LogP contribution in [-0.4, -0.2) is 163 Å². The number of ether oxygens (including phenoxy) is 6. The van der Waals surface area contributed by atoms with E-state index in [4.69, 9.17) is 28.4 Å². The van der Waals surface area contributed by atoms with Crippen molar-refractivity contribution in [3.63, 3.8) is 0 Å². The van der Waals surface area contributed by atoms with Gasteiger partial charge in [-0.3, -0.25) is 24.5 Å². The number of aliphatic hydroxyl groups is 4. The van der Waals surface area contributed by atoms with Gasteiger partial charge in [-0.05, 0) is 127 Å². The van der Waals surface area contributed by atoms with E-state index in [-0.39, 0.29) is 80.5 Å². The van der Waals surface area contributed by atoms with Crippen molar-refractivity contribution in [1.29, 1.82) is 0 Å². The zero-order chi connectivity index (χ0) is 54.7. The van der Waals surface area contributed by atoms with Crippen molar-refractivity contribution in [3.8, 4) is 0 Å². The molecular formula is C57H92N2O15. The minimum Gasteiger partial charge on any atom is -0.460 e. The van der Waals surface area contributed by atoms with Crippen LogP contribution < -0.4 is 5.32 Å². The van der Waals surface area contributed by atoms with Crippen LogP contribution in [0.4, 0.5) is 0 Å². The van der Waals surface area contributed by atoms with E-state index in [1.165, 1.54) is 12.0 Å². The fourth-order valence-corrected chi connectivity index (χ4v) is 11.1. The predicted octanol–water partition coefficient (Wildman–Crippen LogP) is 5.89. The molecule has 17 heteroatoms. The molecule has 0 aromatic carbocycles. The Morgan fingerprint density at radius 1 is 0.878 bits per heavy atom. The molecule has 4 rings (SSSR count). The van der Waals surface area contributed by atoms with Gasteiger partial charge in [0.15, 0.2) is 5.78 Å². The average molecular weight is 1050 g/mol. The van der Waals surface area contributed by atoms with Crippen LogP contribution in [0.3, 0.4) is 0 Å². The number of cyclic esters (lactones) is 1. The summed E-state index contributed by atoms with van der Waals surface area (Å²) in [6, 6.07) is -1.17. The second-order valence-electron chi connectivity index (χ2n) is 21.7. The van der Waals surface area contributed by atoms with Crippen LogP contribution in [0.2, 0.25) is 0 Å². The van der Waals surface area contributed by atoms with Crippen molar-refractivity contribution in [2.75, 3.05) is 47.6 Å². The van der Waals surface area contributed by atoms with Gasteiger partial charge in [-0.1, -0.05) is 71.1 Å². The molecule has 0 aromatic rings. The van der Waals surface area contributed by atoms with Crippen molar-refractivity contribution < 1.29 is 72.8 Å². The van der Waals surface area contributed by atoms with E-state index >= 15 is 0 Å². The lowest BCUT2D eigenvalue weighted by molar-refractivity contribution is -0.266. The first-order chi connectivity index (χ1) is 35.2. The molecule has 3 heterocycles. The van der Waals surface area contributed by atoms with Gasteiger partial charge in [0, 0.05) is 58.0 Å². The van der Waals surface area contributed by atoms with Crippen molar-refractivity contribution >= 4 is 29.2 Å². The number of Topliss-reactive ketones (excluding diaryl/α,β-unsaturated/α-hetero) is 3. The third kappa shape index (κ3) is 18.1. The van der Waals surface area contributed by atoms with Crippen LogP contribution in [0, 0.1) is 35.5 Å². The van der Waals surface area contributed by atoms with Gasteiger partial charge < -0.3 is 53.7 Å². The second kappa shape index (κ2) is 31.0. The minimum atomic E-state index is -2.49. The second-order valence-corrected chi connectivity index (χ2v) is 21.7. The number of piperidine rings is 1. The SMILES string of the molecule is CNC(O)CCCO[C@H]1C[C@@H]2CC[C@@H](C)[C@@](O)(O2)C(=O)C(=O)N2CCCC[C@H]2C(=O)OC([C@H](C)CC2CC[C@@H](OCCO)[C@H](OC)C2)CC(=O)[C@H](C)/C=C(\C)[C@@H](O)[C@@H](OC)C(=O)[C@H](C)C[C@H](C)/C=C/C=C/C=C/1C. The topological polar surface area (TPSA) is 237 Å². The third-order valence-corrected chi connectivity index (χ3v) is 15.9. The minimum absolute atomic E-state index is 0.0145. The van der Waals surface area contributed by atoms with Gasteiger partial charge in [0.1, 0.15) is 36.4 Å². The Balaban J connectivity index is 1.71. The highest BCUT2D eigenvalue weighted by molar-refractivity contribution is 6.39. The molecule has 420 valence electrons. The molecule has 17 nitrogen and oxygen atoms in total. The molecule has 3 aliphatic heterocycles. The number of aliphatic hydroxyl groups excluding tert-OH is 3. The maximum absolute atomic E-state index is 14.6. The van der Waals surface area contributed by atoms with Gasteiger partial charge in [-0.15, -0.1) is 0 Å². The summed E-state index contributed by atoms with van der Waals surface area (Å²) in [6.45, 7) is 13.1. The number of fused-ring (bicyclic) bond motifs is 3. The summed E-state index contributed by atoms with van der Waals surface area (Å²) in [6.07, 6.45) is 11.8. The van der Waals surface area contributed by atoms with Gasteiger partial charge in [-0.25, -0.2) is 4.79 Å².